The first-order valence-corrected chi connectivity index (χ1v) is 6.72. The third-order valence-corrected chi connectivity index (χ3v) is 3.71. The minimum atomic E-state index is -0.459. The van der Waals surface area contributed by atoms with Crippen molar-refractivity contribution in [3.63, 3.8) is 0 Å². The summed E-state index contributed by atoms with van der Waals surface area (Å²) in [6, 6.07) is 6.31. The Labute approximate surface area is 117 Å². The van der Waals surface area contributed by atoms with Gasteiger partial charge >= 0.3 is 0 Å². The van der Waals surface area contributed by atoms with Crippen LogP contribution >= 0.6 is 22.9 Å². The molecule has 0 saturated carbocycles. The monoisotopic (exact) mass is 294 g/mol. The molecule has 0 amide bonds. The van der Waals surface area contributed by atoms with Crippen molar-refractivity contribution in [1.29, 1.82) is 0 Å². The van der Waals surface area contributed by atoms with E-state index in [0.717, 1.165) is 5.56 Å². The Kier molecular flexibility index (Phi) is 3.00. The van der Waals surface area contributed by atoms with Crippen molar-refractivity contribution in [2.75, 3.05) is 5.73 Å². The van der Waals surface area contributed by atoms with Gasteiger partial charge in [-0.25, -0.2) is 4.39 Å². The second kappa shape index (κ2) is 4.68. The van der Waals surface area contributed by atoms with E-state index in [0.29, 0.717) is 11.3 Å². The second-order valence-electron chi connectivity index (χ2n) is 3.88. The number of nitrogen functional groups attached to an aromatic ring is 1. The van der Waals surface area contributed by atoms with Crippen molar-refractivity contribution in [1.82, 2.24) is 5.16 Å². The maximum Gasteiger partial charge on any atom is 0.177 e. The van der Waals surface area contributed by atoms with Gasteiger partial charge in [0, 0.05) is 16.5 Å². The van der Waals surface area contributed by atoms with Crippen LogP contribution in [0, 0.1) is 5.82 Å². The quantitative estimate of drug-likeness (QED) is 0.760. The van der Waals surface area contributed by atoms with Gasteiger partial charge in [0.25, 0.3) is 0 Å². The molecule has 0 unspecified atom stereocenters. The molecule has 0 atom stereocenters. The van der Waals surface area contributed by atoms with Crippen LogP contribution in [0.25, 0.3) is 22.5 Å². The van der Waals surface area contributed by atoms with E-state index in [9.17, 15) is 4.39 Å². The lowest BCUT2D eigenvalue weighted by Gasteiger charge is -2.05. The molecule has 0 fully saturated rings. The molecule has 0 spiro atoms. The first-order valence-electron chi connectivity index (χ1n) is 5.40. The molecule has 0 bridgehead atoms. The van der Waals surface area contributed by atoms with Crippen LogP contribution in [0.4, 0.5) is 10.2 Å². The average molecular weight is 295 g/mol. The highest BCUT2D eigenvalue weighted by Crippen LogP contribution is 2.41. The molecule has 0 aliphatic heterocycles. The van der Waals surface area contributed by atoms with Gasteiger partial charge in [0.2, 0.25) is 0 Å². The largest absolute Gasteiger partial charge is 0.380 e. The van der Waals surface area contributed by atoms with Gasteiger partial charge in [-0.3, -0.25) is 0 Å². The molecule has 2 heterocycles. The Morgan fingerprint density at radius 1 is 1.26 bits per heavy atom. The van der Waals surface area contributed by atoms with E-state index in [1.165, 1.54) is 23.5 Å². The number of halogens is 2. The van der Waals surface area contributed by atoms with E-state index >= 15 is 0 Å². The first kappa shape index (κ1) is 12.2. The molecule has 2 N–H and O–H groups in total. The summed E-state index contributed by atoms with van der Waals surface area (Å²) in [6.07, 6.45) is 0. The molecule has 2 aromatic heterocycles. The van der Waals surface area contributed by atoms with Gasteiger partial charge in [-0.2, -0.15) is 11.3 Å². The molecule has 3 rings (SSSR count). The fraction of sp³-hybridized carbons (Fsp3) is 0. The Morgan fingerprint density at radius 3 is 2.79 bits per heavy atom. The molecule has 0 saturated heterocycles. The predicted molar refractivity (Wildman–Crippen MR) is 74.6 cm³/mol. The van der Waals surface area contributed by atoms with Gasteiger partial charge in [0.15, 0.2) is 11.6 Å². The minimum absolute atomic E-state index is 0.119. The number of hydrogen-bond donors (Lipinski definition) is 1. The minimum Gasteiger partial charge on any atom is -0.380 e. The summed E-state index contributed by atoms with van der Waals surface area (Å²) in [4.78, 5) is 0. The molecule has 1 aromatic carbocycles. The Hall–Kier alpha value is -1.85. The van der Waals surface area contributed by atoms with Crippen molar-refractivity contribution in [3.05, 3.63) is 45.9 Å². The van der Waals surface area contributed by atoms with Crippen LogP contribution in [0.5, 0.6) is 0 Å². The molecule has 0 aliphatic carbocycles. The van der Waals surface area contributed by atoms with Gasteiger partial charge < -0.3 is 10.3 Å². The van der Waals surface area contributed by atoms with Crippen LogP contribution < -0.4 is 5.73 Å². The Bertz CT molecular complexity index is 704. The molecular weight excluding hydrogens is 287 g/mol. The lowest BCUT2D eigenvalue weighted by molar-refractivity contribution is 0.436. The van der Waals surface area contributed by atoms with E-state index in [1.807, 2.05) is 16.8 Å². The normalized spacial score (nSPS) is 10.8. The van der Waals surface area contributed by atoms with E-state index in [-0.39, 0.29) is 16.4 Å². The lowest BCUT2D eigenvalue weighted by Crippen LogP contribution is -1.92. The van der Waals surface area contributed by atoms with Crippen molar-refractivity contribution in [2.24, 2.45) is 0 Å². The fourth-order valence-electron chi connectivity index (χ4n) is 1.87. The first-order chi connectivity index (χ1) is 9.18. The standard InChI is InChI=1S/C13H8ClFN2OS/c14-8-2-1-3-9(15)10(8)11-12(18-17-13(11)16)7-4-5-19-6-7/h1-6H,(H2,16,17). The van der Waals surface area contributed by atoms with E-state index in [1.54, 1.807) is 6.07 Å². The number of benzene rings is 1. The van der Waals surface area contributed by atoms with Gasteiger partial charge in [-0.1, -0.05) is 22.8 Å². The van der Waals surface area contributed by atoms with E-state index < -0.39 is 5.82 Å². The number of hydrogen-bond acceptors (Lipinski definition) is 4. The molecule has 6 heteroatoms. The SMILES string of the molecule is Nc1noc(-c2ccsc2)c1-c1c(F)cccc1Cl. The number of anilines is 1. The van der Waals surface area contributed by atoms with Crippen molar-refractivity contribution < 1.29 is 8.91 Å². The number of aromatic nitrogens is 1. The predicted octanol–water partition coefficient (Wildman–Crippen LogP) is 4.44. The summed E-state index contributed by atoms with van der Waals surface area (Å²) in [5.74, 6) is 0.0813. The van der Waals surface area contributed by atoms with Crippen LogP contribution in [0.1, 0.15) is 0 Å². The van der Waals surface area contributed by atoms with E-state index in [2.05, 4.69) is 5.16 Å². The van der Waals surface area contributed by atoms with Crippen LogP contribution in [0.2, 0.25) is 5.02 Å². The van der Waals surface area contributed by atoms with Gasteiger partial charge in [-0.05, 0) is 23.6 Å². The lowest BCUT2D eigenvalue weighted by atomic mass is 10.0. The zero-order chi connectivity index (χ0) is 13.4. The third kappa shape index (κ3) is 2.01. The second-order valence-corrected chi connectivity index (χ2v) is 5.07. The van der Waals surface area contributed by atoms with Gasteiger partial charge in [0.1, 0.15) is 5.82 Å². The molecule has 96 valence electrons. The maximum atomic E-state index is 14.0. The van der Waals surface area contributed by atoms with Crippen molar-refractivity contribution in [2.45, 2.75) is 0 Å². The number of rotatable bonds is 2. The zero-order valence-corrected chi connectivity index (χ0v) is 11.1. The summed E-state index contributed by atoms with van der Waals surface area (Å²) in [5, 5.41) is 7.75. The summed E-state index contributed by atoms with van der Waals surface area (Å²) < 4.78 is 19.2. The van der Waals surface area contributed by atoms with Crippen LogP contribution in [-0.2, 0) is 0 Å². The van der Waals surface area contributed by atoms with Gasteiger partial charge in [-0.15, -0.1) is 0 Å². The summed E-state index contributed by atoms with van der Waals surface area (Å²) in [5.41, 5.74) is 7.19. The highest BCUT2D eigenvalue weighted by molar-refractivity contribution is 7.08. The highest BCUT2D eigenvalue weighted by atomic mass is 35.5. The summed E-state index contributed by atoms with van der Waals surface area (Å²) >= 11 is 7.56. The van der Waals surface area contributed by atoms with Crippen LogP contribution in [0.15, 0.2) is 39.5 Å². The molecule has 19 heavy (non-hydrogen) atoms. The number of thiophene rings is 1. The average Bonchev–Trinajstić information content (AvgIpc) is 2.99. The maximum absolute atomic E-state index is 14.0. The van der Waals surface area contributed by atoms with Crippen molar-refractivity contribution in [3.8, 4) is 22.5 Å². The molecule has 3 nitrogen and oxygen atoms in total. The fourth-order valence-corrected chi connectivity index (χ4v) is 2.76. The highest BCUT2D eigenvalue weighted by Gasteiger charge is 2.22. The number of nitrogens with zero attached hydrogens (tertiary/aromatic N) is 1. The molecule has 0 aliphatic rings. The number of nitrogens with two attached hydrogens (primary N) is 1. The van der Waals surface area contributed by atoms with Crippen molar-refractivity contribution >= 4 is 28.8 Å². The smallest absolute Gasteiger partial charge is 0.177 e. The van der Waals surface area contributed by atoms with Crippen LogP contribution in [0.3, 0.4) is 0 Å². The Balaban J connectivity index is 2.29. The molecule has 3 aromatic rings. The third-order valence-electron chi connectivity index (χ3n) is 2.71. The summed E-state index contributed by atoms with van der Waals surface area (Å²) in [6.45, 7) is 0. The molecular formula is C13H8ClFN2OS. The van der Waals surface area contributed by atoms with E-state index in [4.69, 9.17) is 21.9 Å². The Morgan fingerprint density at radius 2 is 2.11 bits per heavy atom. The van der Waals surface area contributed by atoms with Crippen LogP contribution in [-0.4, -0.2) is 5.16 Å². The zero-order valence-electron chi connectivity index (χ0n) is 9.56. The molecule has 0 radical (unpaired) electrons. The summed E-state index contributed by atoms with van der Waals surface area (Å²) in [7, 11) is 0. The van der Waals surface area contributed by atoms with Gasteiger partial charge in [0.05, 0.1) is 10.6 Å². The topological polar surface area (TPSA) is 52.0 Å².